The highest BCUT2D eigenvalue weighted by atomic mass is 16.5. The van der Waals surface area contributed by atoms with E-state index in [-0.39, 0.29) is 0 Å². The molecular weight excluding hydrogens is 232 g/mol. The number of anilines is 1. The van der Waals surface area contributed by atoms with E-state index < -0.39 is 0 Å². The first-order valence-corrected chi connectivity index (χ1v) is 6.37. The number of hydrogen-bond donors (Lipinski definition) is 2. The standard InChI is InChI=1S/C12H20N4O2/c1-2-10-14-11(16-13)7-12(15-10)18-8-9-3-5-17-6-4-9/h7,9H,2-6,8,13H2,1H3,(H,14,15,16). The highest BCUT2D eigenvalue weighted by Crippen LogP contribution is 2.18. The van der Waals surface area contributed by atoms with Crippen LogP contribution in [0.15, 0.2) is 6.07 Å². The van der Waals surface area contributed by atoms with Gasteiger partial charge in [-0.05, 0) is 18.8 Å². The van der Waals surface area contributed by atoms with Crippen LogP contribution in [0.25, 0.3) is 0 Å². The van der Waals surface area contributed by atoms with E-state index >= 15 is 0 Å². The van der Waals surface area contributed by atoms with Gasteiger partial charge in [0.2, 0.25) is 5.88 Å². The molecule has 1 aromatic rings. The average molecular weight is 252 g/mol. The van der Waals surface area contributed by atoms with Crippen LogP contribution in [-0.2, 0) is 11.2 Å². The van der Waals surface area contributed by atoms with Crippen LogP contribution in [0.5, 0.6) is 5.88 Å². The summed E-state index contributed by atoms with van der Waals surface area (Å²) in [5.74, 6) is 7.82. The Balaban J connectivity index is 1.94. The fraction of sp³-hybridized carbons (Fsp3) is 0.667. The van der Waals surface area contributed by atoms with Gasteiger partial charge in [-0.25, -0.2) is 10.8 Å². The van der Waals surface area contributed by atoms with Crippen LogP contribution in [0.1, 0.15) is 25.6 Å². The van der Waals surface area contributed by atoms with E-state index in [4.69, 9.17) is 15.3 Å². The predicted octanol–water partition coefficient (Wildman–Crippen LogP) is 1.13. The first-order valence-electron chi connectivity index (χ1n) is 6.37. The number of rotatable bonds is 5. The average Bonchev–Trinajstić information content (AvgIpc) is 2.45. The lowest BCUT2D eigenvalue weighted by atomic mass is 10.0. The number of nitrogens with two attached hydrogens (primary N) is 1. The van der Waals surface area contributed by atoms with Crippen molar-refractivity contribution in [2.24, 2.45) is 11.8 Å². The lowest BCUT2D eigenvalue weighted by Crippen LogP contribution is -2.22. The number of nitrogens with one attached hydrogen (secondary N) is 1. The van der Waals surface area contributed by atoms with Gasteiger partial charge in [0.1, 0.15) is 11.6 Å². The second kappa shape index (κ2) is 6.51. The zero-order valence-electron chi connectivity index (χ0n) is 10.7. The maximum atomic E-state index is 5.73. The molecule has 6 nitrogen and oxygen atoms in total. The zero-order valence-corrected chi connectivity index (χ0v) is 10.7. The third-order valence-corrected chi connectivity index (χ3v) is 3.02. The smallest absolute Gasteiger partial charge is 0.218 e. The van der Waals surface area contributed by atoms with Crippen LogP contribution in [0, 0.1) is 5.92 Å². The Hall–Kier alpha value is -1.40. The second-order valence-corrected chi connectivity index (χ2v) is 4.37. The highest BCUT2D eigenvalue weighted by Gasteiger charge is 2.15. The summed E-state index contributed by atoms with van der Waals surface area (Å²) < 4.78 is 11.0. The molecule has 3 N–H and O–H groups in total. The summed E-state index contributed by atoms with van der Waals surface area (Å²) in [6.07, 6.45) is 2.85. The number of aryl methyl sites for hydroxylation is 1. The first-order chi connectivity index (χ1) is 8.81. The fourth-order valence-corrected chi connectivity index (χ4v) is 1.90. The van der Waals surface area contributed by atoms with Gasteiger partial charge in [0.25, 0.3) is 0 Å². The van der Waals surface area contributed by atoms with Crippen LogP contribution in [0.4, 0.5) is 5.82 Å². The molecule has 0 radical (unpaired) electrons. The Morgan fingerprint density at radius 3 is 2.89 bits per heavy atom. The Kier molecular flexibility index (Phi) is 4.72. The minimum absolute atomic E-state index is 0.549. The molecule has 0 unspecified atom stereocenters. The number of nitrogens with zero attached hydrogens (tertiary/aromatic N) is 2. The van der Waals surface area contributed by atoms with Crippen molar-refractivity contribution < 1.29 is 9.47 Å². The monoisotopic (exact) mass is 252 g/mol. The molecular formula is C12H20N4O2. The highest BCUT2D eigenvalue weighted by molar-refractivity contribution is 5.36. The molecule has 0 aliphatic carbocycles. The quantitative estimate of drug-likeness (QED) is 0.604. The number of hydrogen-bond acceptors (Lipinski definition) is 6. The van der Waals surface area contributed by atoms with E-state index in [9.17, 15) is 0 Å². The number of nitrogen functional groups attached to an aromatic ring is 1. The molecule has 0 aromatic carbocycles. The third kappa shape index (κ3) is 3.54. The maximum absolute atomic E-state index is 5.73. The van der Waals surface area contributed by atoms with Gasteiger partial charge in [-0.3, -0.25) is 0 Å². The molecule has 0 bridgehead atoms. The lowest BCUT2D eigenvalue weighted by Gasteiger charge is -2.21. The largest absolute Gasteiger partial charge is 0.477 e. The third-order valence-electron chi connectivity index (χ3n) is 3.02. The van der Waals surface area contributed by atoms with Crippen molar-refractivity contribution in [3.63, 3.8) is 0 Å². The van der Waals surface area contributed by atoms with E-state index in [0.717, 1.165) is 38.3 Å². The Labute approximate surface area is 107 Å². The van der Waals surface area contributed by atoms with Gasteiger partial charge in [-0.1, -0.05) is 6.92 Å². The van der Waals surface area contributed by atoms with Crippen LogP contribution in [0.2, 0.25) is 0 Å². The van der Waals surface area contributed by atoms with Gasteiger partial charge in [0, 0.05) is 25.7 Å². The summed E-state index contributed by atoms with van der Waals surface area (Å²) in [5.41, 5.74) is 2.53. The lowest BCUT2D eigenvalue weighted by molar-refractivity contribution is 0.0490. The number of aromatic nitrogens is 2. The summed E-state index contributed by atoms with van der Waals surface area (Å²) in [6.45, 7) is 4.33. The topological polar surface area (TPSA) is 82.3 Å². The Morgan fingerprint density at radius 2 is 2.22 bits per heavy atom. The molecule has 2 rings (SSSR count). The van der Waals surface area contributed by atoms with E-state index in [1.807, 2.05) is 6.92 Å². The predicted molar refractivity (Wildman–Crippen MR) is 68.3 cm³/mol. The van der Waals surface area contributed by atoms with Gasteiger partial charge >= 0.3 is 0 Å². The molecule has 2 heterocycles. The summed E-state index contributed by atoms with van der Waals surface area (Å²) in [4.78, 5) is 8.54. The van der Waals surface area contributed by atoms with Crippen molar-refractivity contribution in [1.82, 2.24) is 9.97 Å². The van der Waals surface area contributed by atoms with Gasteiger partial charge in [0.05, 0.1) is 6.61 Å². The first kappa shape index (κ1) is 13.0. The molecule has 6 heteroatoms. The van der Waals surface area contributed by atoms with Crippen LogP contribution < -0.4 is 16.0 Å². The van der Waals surface area contributed by atoms with E-state index in [1.165, 1.54) is 0 Å². The van der Waals surface area contributed by atoms with Gasteiger partial charge in [0.15, 0.2) is 0 Å². The number of hydrazine groups is 1. The SMILES string of the molecule is CCc1nc(NN)cc(OCC2CCOCC2)n1. The van der Waals surface area contributed by atoms with E-state index in [2.05, 4.69) is 15.4 Å². The van der Waals surface area contributed by atoms with Gasteiger partial charge < -0.3 is 14.9 Å². The summed E-state index contributed by atoms with van der Waals surface area (Å²) in [5, 5.41) is 0. The van der Waals surface area contributed by atoms with Gasteiger partial charge in [-0.2, -0.15) is 4.98 Å². The normalized spacial score (nSPS) is 16.6. The summed E-state index contributed by atoms with van der Waals surface area (Å²) >= 11 is 0. The Morgan fingerprint density at radius 1 is 1.44 bits per heavy atom. The van der Waals surface area contributed by atoms with Crippen LogP contribution >= 0.6 is 0 Å². The molecule has 0 atom stereocenters. The molecule has 1 aliphatic rings. The van der Waals surface area contributed by atoms with Crippen LogP contribution in [-0.4, -0.2) is 29.8 Å². The molecule has 0 saturated carbocycles. The fourth-order valence-electron chi connectivity index (χ4n) is 1.90. The molecule has 0 spiro atoms. The molecule has 1 aromatic heterocycles. The van der Waals surface area contributed by atoms with Crippen molar-refractivity contribution in [3.05, 3.63) is 11.9 Å². The molecule has 1 aliphatic heterocycles. The molecule has 18 heavy (non-hydrogen) atoms. The van der Waals surface area contributed by atoms with Crippen molar-refractivity contribution in [3.8, 4) is 5.88 Å². The van der Waals surface area contributed by atoms with Crippen molar-refractivity contribution >= 4 is 5.82 Å². The van der Waals surface area contributed by atoms with Crippen molar-refractivity contribution in [1.29, 1.82) is 0 Å². The summed E-state index contributed by atoms with van der Waals surface area (Å²) in [7, 11) is 0. The van der Waals surface area contributed by atoms with Gasteiger partial charge in [-0.15, -0.1) is 0 Å². The molecule has 0 amide bonds. The maximum Gasteiger partial charge on any atom is 0.218 e. The molecule has 100 valence electrons. The summed E-state index contributed by atoms with van der Waals surface area (Å²) in [6, 6.07) is 1.72. The van der Waals surface area contributed by atoms with Crippen molar-refractivity contribution in [2.45, 2.75) is 26.2 Å². The van der Waals surface area contributed by atoms with E-state index in [1.54, 1.807) is 6.07 Å². The van der Waals surface area contributed by atoms with Crippen molar-refractivity contribution in [2.75, 3.05) is 25.2 Å². The number of ether oxygens (including phenoxy) is 2. The second-order valence-electron chi connectivity index (χ2n) is 4.37. The molecule has 1 fully saturated rings. The minimum atomic E-state index is 0.549. The van der Waals surface area contributed by atoms with E-state index in [0.29, 0.717) is 24.2 Å². The Bertz CT molecular complexity index is 358. The molecule has 1 saturated heterocycles. The zero-order chi connectivity index (χ0) is 12.8. The van der Waals surface area contributed by atoms with Crippen LogP contribution in [0.3, 0.4) is 0 Å². The minimum Gasteiger partial charge on any atom is -0.477 e.